The molecular weight excluding hydrogens is 264 g/mol. The number of hydrogen-bond donors (Lipinski definition) is 2. The van der Waals surface area contributed by atoms with E-state index in [1.54, 1.807) is 7.05 Å². The van der Waals surface area contributed by atoms with Crippen molar-refractivity contribution in [1.82, 2.24) is 9.78 Å². The van der Waals surface area contributed by atoms with E-state index in [4.69, 9.17) is 11.5 Å². The predicted molar refractivity (Wildman–Crippen MR) is 83.4 cm³/mol. The lowest BCUT2D eigenvalue weighted by atomic mass is 9.97. The van der Waals surface area contributed by atoms with Crippen molar-refractivity contribution in [1.29, 1.82) is 0 Å². The Kier molecular flexibility index (Phi) is 5.26. The van der Waals surface area contributed by atoms with Crippen LogP contribution in [0.15, 0.2) is 0 Å². The van der Waals surface area contributed by atoms with Crippen LogP contribution >= 0.6 is 0 Å². The van der Waals surface area contributed by atoms with Crippen LogP contribution in [0.25, 0.3) is 0 Å². The Hall–Kier alpha value is -1.96. The molecule has 1 aromatic rings. The van der Waals surface area contributed by atoms with Crippen molar-refractivity contribution in [2.75, 3.05) is 5.73 Å². The van der Waals surface area contributed by atoms with Gasteiger partial charge in [0, 0.05) is 13.0 Å². The van der Waals surface area contributed by atoms with E-state index in [1.165, 1.54) is 43.2 Å². The molecule has 1 saturated carbocycles. The van der Waals surface area contributed by atoms with E-state index >= 15 is 0 Å². The summed E-state index contributed by atoms with van der Waals surface area (Å²) in [6.45, 7) is 0. The molecule has 5 nitrogen and oxygen atoms in total. The molecule has 0 radical (unpaired) electrons. The van der Waals surface area contributed by atoms with Gasteiger partial charge in [0.15, 0.2) is 0 Å². The van der Waals surface area contributed by atoms with Crippen molar-refractivity contribution in [2.45, 2.75) is 51.4 Å². The topological polar surface area (TPSA) is 86.9 Å². The van der Waals surface area contributed by atoms with Crippen LogP contribution in [-0.2, 0) is 7.05 Å². The summed E-state index contributed by atoms with van der Waals surface area (Å²) in [5, 5.41) is 4.19. The summed E-state index contributed by atoms with van der Waals surface area (Å²) >= 11 is 0. The van der Waals surface area contributed by atoms with Gasteiger partial charge in [-0.2, -0.15) is 5.10 Å². The molecule has 4 N–H and O–H groups in total. The summed E-state index contributed by atoms with van der Waals surface area (Å²) in [7, 11) is 1.69. The fourth-order valence-corrected chi connectivity index (χ4v) is 2.82. The van der Waals surface area contributed by atoms with E-state index in [1.807, 2.05) is 0 Å². The quantitative estimate of drug-likeness (QED) is 0.777. The van der Waals surface area contributed by atoms with Crippen LogP contribution < -0.4 is 11.5 Å². The highest BCUT2D eigenvalue weighted by molar-refractivity contribution is 5.99. The molecule has 1 amide bonds. The molecule has 2 rings (SSSR count). The maximum absolute atomic E-state index is 11.5. The highest BCUT2D eigenvalue weighted by Crippen LogP contribution is 2.21. The average molecular weight is 288 g/mol. The van der Waals surface area contributed by atoms with Crippen LogP contribution in [0.4, 0.5) is 5.82 Å². The number of amides is 1. The van der Waals surface area contributed by atoms with Gasteiger partial charge in [0.05, 0.1) is 0 Å². The zero-order chi connectivity index (χ0) is 15.2. The van der Waals surface area contributed by atoms with Gasteiger partial charge in [-0.25, -0.2) is 0 Å². The standard InChI is InChI=1S/C16H24N4O/c1-20-15(17)14(16(18)21)13(19-20)11-10-12-8-6-4-2-3-5-7-9-12/h12H,2-9,17H2,1H3,(H2,18,21). The van der Waals surface area contributed by atoms with Crippen LogP contribution in [0.5, 0.6) is 0 Å². The third-order valence-corrected chi connectivity index (χ3v) is 4.09. The number of aromatic nitrogens is 2. The van der Waals surface area contributed by atoms with Crippen molar-refractivity contribution < 1.29 is 4.79 Å². The molecule has 114 valence electrons. The molecule has 1 aliphatic rings. The highest BCUT2D eigenvalue weighted by atomic mass is 16.1. The van der Waals surface area contributed by atoms with Gasteiger partial charge in [-0.05, 0) is 18.8 Å². The largest absolute Gasteiger partial charge is 0.383 e. The van der Waals surface area contributed by atoms with Gasteiger partial charge in [-0.1, -0.05) is 44.4 Å². The number of rotatable bonds is 1. The average Bonchev–Trinajstić information content (AvgIpc) is 2.79. The van der Waals surface area contributed by atoms with Gasteiger partial charge < -0.3 is 11.5 Å². The van der Waals surface area contributed by atoms with Crippen molar-refractivity contribution in [3.05, 3.63) is 11.3 Å². The number of anilines is 1. The maximum atomic E-state index is 11.5. The lowest BCUT2D eigenvalue weighted by Crippen LogP contribution is -2.14. The molecule has 0 aliphatic heterocycles. The first-order valence-corrected chi connectivity index (χ1v) is 7.73. The summed E-state index contributed by atoms with van der Waals surface area (Å²) in [6, 6.07) is 0. The monoisotopic (exact) mass is 288 g/mol. The SMILES string of the molecule is Cn1nc(C#CC2CCCCCCCC2)c(C(N)=O)c1N. The van der Waals surface area contributed by atoms with E-state index in [9.17, 15) is 4.79 Å². The highest BCUT2D eigenvalue weighted by Gasteiger charge is 2.17. The lowest BCUT2D eigenvalue weighted by molar-refractivity contribution is 0.100. The fraction of sp³-hybridized carbons (Fsp3) is 0.625. The van der Waals surface area contributed by atoms with E-state index < -0.39 is 5.91 Å². The number of hydrogen-bond acceptors (Lipinski definition) is 3. The molecule has 0 spiro atoms. The molecule has 1 heterocycles. The smallest absolute Gasteiger partial charge is 0.255 e. The zero-order valence-electron chi connectivity index (χ0n) is 12.7. The minimum atomic E-state index is -0.570. The van der Waals surface area contributed by atoms with Crippen LogP contribution in [-0.4, -0.2) is 15.7 Å². The Bertz CT molecular complexity index is 555. The van der Waals surface area contributed by atoms with Crippen molar-refractivity contribution in [3.8, 4) is 11.8 Å². The van der Waals surface area contributed by atoms with Gasteiger partial charge in [0.1, 0.15) is 17.1 Å². The molecular formula is C16H24N4O. The molecule has 0 unspecified atom stereocenters. The minimum Gasteiger partial charge on any atom is -0.383 e. The molecule has 1 aromatic heterocycles. The number of carbonyl (C=O) groups excluding carboxylic acids is 1. The fourth-order valence-electron chi connectivity index (χ4n) is 2.82. The predicted octanol–water partition coefficient (Wildman–Crippen LogP) is 2.20. The number of primary amides is 1. The Labute approximate surface area is 126 Å². The van der Waals surface area contributed by atoms with Crippen LogP contribution in [0, 0.1) is 17.8 Å². The number of aryl methyl sites for hydroxylation is 1. The van der Waals surface area contributed by atoms with Gasteiger partial charge in [-0.3, -0.25) is 9.48 Å². The summed E-state index contributed by atoms with van der Waals surface area (Å²) in [6.07, 6.45) is 9.97. The van der Waals surface area contributed by atoms with Crippen LogP contribution in [0.3, 0.4) is 0 Å². The molecule has 0 atom stereocenters. The van der Waals surface area contributed by atoms with Gasteiger partial charge in [0.25, 0.3) is 5.91 Å². The second-order valence-electron chi connectivity index (χ2n) is 5.76. The molecule has 5 heteroatoms. The first-order chi connectivity index (χ1) is 10.1. The third kappa shape index (κ3) is 4.01. The van der Waals surface area contributed by atoms with Crippen molar-refractivity contribution in [2.24, 2.45) is 18.7 Å². The van der Waals surface area contributed by atoms with Crippen molar-refractivity contribution >= 4 is 11.7 Å². The van der Waals surface area contributed by atoms with E-state index in [0.29, 0.717) is 11.6 Å². The molecule has 0 bridgehead atoms. The molecule has 21 heavy (non-hydrogen) atoms. The number of nitrogen functional groups attached to an aromatic ring is 1. The summed E-state index contributed by atoms with van der Waals surface area (Å²) < 4.78 is 1.45. The third-order valence-electron chi connectivity index (χ3n) is 4.09. The Morgan fingerprint density at radius 3 is 2.33 bits per heavy atom. The minimum absolute atomic E-state index is 0.244. The molecule has 1 fully saturated rings. The zero-order valence-corrected chi connectivity index (χ0v) is 12.7. The second-order valence-corrected chi connectivity index (χ2v) is 5.76. The Morgan fingerprint density at radius 2 is 1.76 bits per heavy atom. The van der Waals surface area contributed by atoms with Gasteiger partial charge >= 0.3 is 0 Å². The van der Waals surface area contributed by atoms with Gasteiger partial charge in [0.2, 0.25) is 0 Å². The van der Waals surface area contributed by atoms with Crippen LogP contribution in [0.2, 0.25) is 0 Å². The number of nitrogens with zero attached hydrogens (tertiary/aromatic N) is 2. The normalized spacial score (nSPS) is 17.2. The maximum Gasteiger partial charge on any atom is 0.255 e. The second kappa shape index (κ2) is 7.16. The molecule has 0 aromatic carbocycles. The summed E-state index contributed by atoms with van der Waals surface area (Å²) in [4.78, 5) is 11.5. The first-order valence-electron chi connectivity index (χ1n) is 7.73. The Morgan fingerprint density at radius 1 is 1.19 bits per heavy atom. The van der Waals surface area contributed by atoms with Crippen LogP contribution in [0.1, 0.15) is 67.4 Å². The van der Waals surface area contributed by atoms with E-state index in [-0.39, 0.29) is 11.4 Å². The van der Waals surface area contributed by atoms with Crippen molar-refractivity contribution in [3.63, 3.8) is 0 Å². The van der Waals surface area contributed by atoms with E-state index in [0.717, 1.165) is 12.8 Å². The first kappa shape index (κ1) is 15.4. The molecule has 1 aliphatic carbocycles. The summed E-state index contributed by atoms with van der Waals surface area (Å²) in [5.74, 6) is 6.40. The lowest BCUT2D eigenvalue weighted by Gasteiger charge is -2.07. The molecule has 0 saturated heterocycles. The number of carbonyl (C=O) groups is 1. The number of nitrogens with two attached hydrogens (primary N) is 2. The Balaban J connectivity index is 2.17. The van der Waals surface area contributed by atoms with E-state index in [2.05, 4.69) is 16.9 Å². The van der Waals surface area contributed by atoms with Gasteiger partial charge in [-0.15, -0.1) is 0 Å². The summed E-state index contributed by atoms with van der Waals surface area (Å²) in [5.41, 5.74) is 11.8.